The Morgan fingerprint density at radius 2 is 1.59 bits per heavy atom. The third kappa shape index (κ3) is 7.15. The zero-order chi connectivity index (χ0) is 21.8. The molecule has 1 saturated heterocycles. The van der Waals surface area contributed by atoms with Gasteiger partial charge in [-0.05, 0) is 78.0 Å². The van der Waals surface area contributed by atoms with E-state index in [0.717, 1.165) is 18.4 Å². The highest BCUT2D eigenvalue weighted by atomic mass is 16.6. The molecular weight excluding hydrogens is 372 g/mol. The Morgan fingerprint density at radius 3 is 2.10 bits per heavy atom. The molecular formula is C22H34N2O5. The summed E-state index contributed by atoms with van der Waals surface area (Å²) in [4.78, 5) is 26.0. The van der Waals surface area contributed by atoms with Crippen LogP contribution in [0.2, 0.25) is 0 Å². The van der Waals surface area contributed by atoms with Gasteiger partial charge < -0.3 is 19.1 Å². The topological polar surface area (TPSA) is 77.1 Å². The number of nitrogens with one attached hydrogen (secondary N) is 1. The Kier molecular flexibility index (Phi) is 7.03. The summed E-state index contributed by atoms with van der Waals surface area (Å²) in [5.74, 6) is 0.904. The van der Waals surface area contributed by atoms with Gasteiger partial charge in [0.15, 0.2) is 0 Å². The molecule has 29 heavy (non-hydrogen) atoms. The summed E-state index contributed by atoms with van der Waals surface area (Å²) in [6.07, 6.45) is 0.919. The summed E-state index contributed by atoms with van der Waals surface area (Å²) in [7, 11) is 1.57. The number of ether oxygens (including phenoxy) is 3. The Bertz CT molecular complexity index is 726. The lowest BCUT2D eigenvalue weighted by Crippen LogP contribution is -2.41. The van der Waals surface area contributed by atoms with Crippen molar-refractivity contribution >= 4 is 17.9 Å². The third-order valence-electron chi connectivity index (χ3n) is 4.48. The number of methoxy groups -OCH3 is 1. The number of carbonyl (C=O) groups excluding carboxylic acids is 2. The standard InChI is InChI=1S/C22H34N2O5/c1-21(2,3)28-19(25)23-17-9-8-16(14-18(17)27-7)15-10-12-24(13-11-15)20(26)29-22(4,5)6/h8-9,14-15H,10-13H2,1-7H3,(H,23,25). The van der Waals surface area contributed by atoms with Crippen LogP contribution in [0.15, 0.2) is 18.2 Å². The highest BCUT2D eigenvalue weighted by molar-refractivity contribution is 5.87. The van der Waals surface area contributed by atoms with Crippen molar-refractivity contribution in [2.45, 2.75) is 71.5 Å². The molecule has 1 aromatic rings. The zero-order valence-corrected chi connectivity index (χ0v) is 18.6. The highest BCUT2D eigenvalue weighted by Gasteiger charge is 2.28. The van der Waals surface area contributed by atoms with Crippen LogP contribution in [0.5, 0.6) is 5.75 Å². The monoisotopic (exact) mass is 406 g/mol. The van der Waals surface area contributed by atoms with Crippen molar-refractivity contribution in [2.24, 2.45) is 0 Å². The normalized spacial score (nSPS) is 15.6. The van der Waals surface area contributed by atoms with Crippen LogP contribution in [0.4, 0.5) is 15.3 Å². The van der Waals surface area contributed by atoms with Crippen molar-refractivity contribution in [2.75, 3.05) is 25.5 Å². The van der Waals surface area contributed by atoms with Crippen LogP contribution < -0.4 is 10.1 Å². The first kappa shape index (κ1) is 22.8. The number of anilines is 1. The van der Waals surface area contributed by atoms with Crippen molar-refractivity contribution in [1.82, 2.24) is 4.90 Å². The van der Waals surface area contributed by atoms with Gasteiger partial charge in [0, 0.05) is 13.1 Å². The summed E-state index contributed by atoms with van der Waals surface area (Å²) >= 11 is 0. The maximum atomic E-state index is 12.2. The average molecular weight is 407 g/mol. The minimum absolute atomic E-state index is 0.259. The van der Waals surface area contributed by atoms with Crippen molar-refractivity contribution < 1.29 is 23.8 Å². The van der Waals surface area contributed by atoms with Crippen LogP contribution in [0.25, 0.3) is 0 Å². The molecule has 0 bridgehead atoms. The lowest BCUT2D eigenvalue weighted by Gasteiger charge is -2.33. The first-order valence-electron chi connectivity index (χ1n) is 10.0. The largest absolute Gasteiger partial charge is 0.495 e. The predicted octanol–water partition coefficient (Wildman–Crippen LogP) is 5.16. The smallest absolute Gasteiger partial charge is 0.412 e. The second-order valence-corrected chi connectivity index (χ2v) is 9.33. The minimum atomic E-state index is -0.570. The minimum Gasteiger partial charge on any atom is -0.495 e. The molecule has 0 unspecified atom stereocenters. The molecule has 0 atom stereocenters. The summed E-state index contributed by atoms with van der Waals surface area (Å²) in [5.41, 5.74) is 0.634. The number of carbonyl (C=O) groups is 2. The van der Waals surface area contributed by atoms with Crippen LogP contribution in [0.1, 0.15) is 65.9 Å². The molecule has 0 saturated carbocycles. The maximum absolute atomic E-state index is 12.2. The molecule has 1 N–H and O–H groups in total. The van der Waals surface area contributed by atoms with E-state index in [-0.39, 0.29) is 6.09 Å². The number of nitrogens with zero attached hydrogens (tertiary/aromatic N) is 1. The molecule has 1 aromatic carbocycles. The number of hydrogen-bond donors (Lipinski definition) is 1. The van der Waals surface area contributed by atoms with E-state index < -0.39 is 17.3 Å². The van der Waals surface area contributed by atoms with Crippen molar-refractivity contribution in [1.29, 1.82) is 0 Å². The second-order valence-electron chi connectivity index (χ2n) is 9.33. The summed E-state index contributed by atoms with van der Waals surface area (Å²) < 4.78 is 16.2. The van der Waals surface area contributed by atoms with Gasteiger partial charge in [0.1, 0.15) is 17.0 Å². The molecule has 0 aliphatic carbocycles. The van der Waals surface area contributed by atoms with Gasteiger partial charge in [-0.2, -0.15) is 0 Å². The molecule has 0 aromatic heterocycles. The van der Waals surface area contributed by atoms with Crippen LogP contribution in [0, 0.1) is 0 Å². The molecule has 162 valence electrons. The average Bonchev–Trinajstić information content (AvgIpc) is 2.59. The van der Waals surface area contributed by atoms with Gasteiger partial charge >= 0.3 is 12.2 Å². The molecule has 0 spiro atoms. The first-order chi connectivity index (χ1) is 13.4. The van der Waals surface area contributed by atoms with E-state index >= 15 is 0 Å². The van der Waals surface area contributed by atoms with E-state index in [9.17, 15) is 9.59 Å². The summed E-state index contributed by atoms with van der Waals surface area (Å²) in [6.45, 7) is 12.4. The van der Waals surface area contributed by atoms with Gasteiger partial charge in [-0.3, -0.25) is 5.32 Å². The number of hydrogen-bond acceptors (Lipinski definition) is 5. The Balaban J connectivity index is 2.00. The molecule has 7 nitrogen and oxygen atoms in total. The number of benzene rings is 1. The number of amides is 2. The van der Waals surface area contributed by atoms with Gasteiger partial charge in [-0.25, -0.2) is 9.59 Å². The SMILES string of the molecule is COc1cc(C2CCN(C(=O)OC(C)(C)C)CC2)ccc1NC(=O)OC(C)(C)C. The molecule has 1 aliphatic heterocycles. The predicted molar refractivity (Wildman–Crippen MR) is 113 cm³/mol. The van der Waals surface area contributed by atoms with Crippen molar-refractivity contribution in [3.63, 3.8) is 0 Å². The fraction of sp³-hybridized carbons (Fsp3) is 0.636. The molecule has 1 fully saturated rings. The van der Waals surface area contributed by atoms with Gasteiger partial charge in [0.25, 0.3) is 0 Å². The van der Waals surface area contributed by atoms with Gasteiger partial charge in [-0.15, -0.1) is 0 Å². The first-order valence-corrected chi connectivity index (χ1v) is 10.0. The van der Waals surface area contributed by atoms with Crippen molar-refractivity contribution in [3.05, 3.63) is 23.8 Å². The fourth-order valence-electron chi connectivity index (χ4n) is 3.20. The molecule has 7 heteroatoms. The van der Waals surface area contributed by atoms with E-state index in [1.807, 2.05) is 59.7 Å². The van der Waals surface area contributed by atoms with Gasteiger partial charge in [-0.1, -0.05) is 6.07 Å². The Morgan fingerprint density at radius 1 is 1.00 bits per heavy atom. The summed E-state index contributed by atoms with van der Waals surface area (Å²) in [5, 5.41) is 2.74. The molecule has 0 radical (unpaired) electrons. The molecule has 2 rings (SSSR count). The van der Waals surface area contributed by atoms with Gasteiger partial charge in [0.2, 0.25) is 0 Å². The van der Waals surface area contributed by atoms with Crippen LogP contribution >= 0.6 is 0 Å². The lowest BCUT2D eigenvalue weighted by atomic mass is 9.89. The van der Waals surface area contributed by atoms with E-state index in [1.165, 1.54) is 0 Å². The molecule has 1 heterocycles. The van der Waals surface area contributed by atoms with E-state index in [2.05, 4.69) is 5.32 Å². The fourth-order valence-corrected chi connectivity index (χ4v) is 3.20. The quantitative estimate of drug-likeness (QED) is 0.750. The summed E-state index contributed by atoms with van der Waals surface area (Å²) in [6, 6.07) is 5.77. The van der Waals surface area contributed by atoms with E-state index in [0.29, 0.717) is 30.4 Å². The molecule has 1 aliphatic rings. The third-order valence-corrected chi connectivity index (χ3v) is 4.48. The van der Waals surface area contributed by atoms with Crippen LogP contribution in [-0.2, 0) is 9.47 Å². The number of rotatable bonds is 3. The lowest BCUT2D eigenvalue weighted by molar-refractivity contribution is 0.0204. The number of piperidine rings is 1. The van der Waals surface area contributed by atoms with E-state index in [1.54, 1.807) is 12.0 Å². The maximum Gasteiger partial charge on any atom is 0.412 e. The van der Waals surface area contributed by atoms with Gasteiger partial charge in [0.05, 0.1) is 12.8 Å². The second kappa shape index (κ2) is 8.93. The van der Waals surface area contributed by atoms with Crippen LogP contribution in [0.3, 0.4) is 0 Å². The zero-order valence-electron chi connectivity index (χ0n) is 18.6. The Labute approximate surface area is 173 Å². The Hall–Kier alpha value is -2.44. The molecule has 2 amide bonds. The number of likely N-dealkylation sites (tertiary alicyclic amines) is 1. The van der Waals surface area contributed by atoms with Crippen molar-refractivity contribution in [3.8, 4) is 5.75 Å². The van der Waals surface area contributed by atoms with Crippen LogP contribution in [-0.4, -0.2) is 48.5 Å². The highest BCUT2D eigenvalue weighted by Crippen LogP contribution is 2.34. The van der Waals surface area contributed by atoms with E-state index in [4.69, 9.17) is 14.2 Å².